The van der Waals surface area contributed by atoms with Crippen LogP contribution in [-0.2, 0) is 19.3 Å². The van der Waals surface area contributed by atoms with E-state index in [4.69, 9.17) is 5.10 Å². The second-order valence-electron chi connectivity index (χ2n) is 12.7. The molecular weight excluding hydrogens is 549 g/mol. The van der Waals surface area contributed by atoms with E-state index in [9.17, 15) is 9.50 Å². The summed E-state index contributed by atoms with van der Waals surface area (Å²) in [5, 5.41) is 18.9. The fourth-order valence-electron chi connectivity index (χ4n) is 6.14. The van der Waals surface area contributed by atoms with E-state index in [1.165, 1.54) is 47.4 Å². The van der Waals surface area contributed by atoms with E-state index in [-0.39, 0.29) is 18.5 Å². The molecule has 1 aromatic carbocycles. The Labute approximate surface area is 263 Å². The van der Waals surface area contributed by atoms with Crippen LogP contribution in [-0.4, -0.2) is 37.5 Å². The van der Waals surface area contributed by atoms with Crippen molar-refractivity contribution >= 4 is 5.70 Å². The Hall–Kier alpha value is -3.32. The molecule has 0 aliphatic carbocycles. The van der Waals surface area contributed by atoms with Gasteiger partial charge in [0.25, 0.3) is 0 Å². The Morgan fingerprint density at radius 1 is 0.886 bits per heavy atom. The minimum Gasteiger partial charge on any atom is -0.394 e. The van der Waals surface area contributed by atoms with Gasteiger partial charge in [-0.25, -0.2) is 19.0 Å². The van der Waals surface area contributed by atoms with E-state index in [1.54, 1.807) is 18.5 Å². The number of aromatic nitrogens is 4. The molecule has 0 fully saturated rings. The summed E-state index contributed by atoms with van der Waals surface area (Å²) in [4.78, 5) is 8.20. The summed E-state index contributed by atoms with van der Waals surface area (Å²) in [5.74, 6) is 0.319. The highest BCUT2D eigenvalue weighted by atomic mass is 19.1. The monoisotopic (exact) mass is 601 g/mol. The fourth-order valence-corrected chi connectivity index (χ4v) is 6.14. The Morgan fingerprint density at radius 2 is 1.59 bits per heavy atom. The summed E-state index contributed by atoms with van der Waals surface area (Å²) in [6.07, 6.45) is 24.1. The standard InChI is InChI=1S/C37H52FN5O/c1-28(2)34-25-41-43-33(18-11-7-9-15-31-16-12-13-19-35(31)38)22-36(29(3)20-21-37(34)43)42-32(26-44)17-10-6-4-5-8-14-30-23-39-27-40-24-30/h12-13,16,19,22-25,27-28,32,42,44H,4-11,14-15,17-18,20-21,26H2,1-3H3/b33-22-,36-29-. The van der Waals surface area contributed by atoms with Gasteiger partial charge in [-0.3, -0.25) is 0 Å². The highest BCUT2D eigenvalue weighted by molar-refractivity contribution is 5.53. The SMILES string of the molecule is C/C1=C(NC(CO)CCCCCCCc2cncnc2)\C=C(\CCCCCc2ccccc2F)n2ncc(C(C)C)c2CC1. The number of hydrogen-bond donors (Lipinski definition) is 2. The molecule has 3 heterocycles. The van der Waals surface area contributed by atoms with Gasteiger partial charge in [0, 0.05) is 35.5 Å². The number of halogens is 1. The smallest absolute Gasteiger partial charge is 0.126 e. The predicted octanol–water partition coefficient (Wildman–Crippen LogP) is 8.33. The van der Waals surface area contributed by atoms with Gasteiger partial charge in [0.2, 0.25) is 0 Å². The first kappa shape index (κ1) is 33.6. The largest absolute Gasteiger partial charge is 0.394 e. The first-order chi connectivity index (χ1) is 21.5. The Bertz CT molecular complexity index is 1350. The van der Waals surface area contributed by atoms with Gasteiger partial charge < -0.3 is 10.4 Å². The molecule has 238 valence electrons. The minimum absolute atomic E-state index is 0.0300. The molecule has 0 bridgehead atoms. The van der Waals surface area contributed by atoms with Crippen molar-refractivity contribution in [3.8, 4) is 0 Å². The zero-order chi connectivity index (χ0) is 31.1. The number of hydrogen-bond acceptors (Lipinski definition) is 5. The number of aliphatic hydroxyl groups excluding tert-OH is 1. The number of allylic oxidation sites excluding steroid dienone is 3. The molecule has 0 spiro atoms. The summed E-state index contributed by atoms with van der Waals surface area (Å²) >= 11 is 0. The van der Waals surface area contributed by atoms with Gasteiger partial charge in [0.15, 0.2) is 0 Å². The summed E-state index contributed by atoms with van der Waals surface area (Å²) in [5.41, 5.74) is 8.29. The van der Waals surface area contributed by atoms with Crippen molar-refractivity contribution in [2.24, 2.45) is 0 Å². The lowest BCUT2D eigenvalue weighted by Gasteiger charge is -2.24. The molecule has 1 atom stereocenters. The van der Waals surface area contributed by atoms with Crippen LogP contribution in [0.1, 0.15) is 120 Å². The average molecular weight is 602 g/mol. The van der Waals surface area contributed by atoms with Crippen LogP contribution in [0.4, 0.5) is 4.39 Å². The van der Waals surface area contributed by atoms with E-state index < -0.39 is 0 Å². The minimum atomic E-state index is -0.106. The molecule has 6 nitrogen and oxygen atoms in total. The van der Waals surface area contributed by atoms with Gasteiger partial charge >= 0.3 is 0 Å². The van der Waals surface area contributed by atoms with Gasteiger partial charge in [-0.15, -0.1) is 0 Å². The molecule has 2 aromatic heterocycles. The van der Waals surface area contributed by atoms with Crippen LogP contribution in [0.3, 0.4) is 0 Å². The van der Waals surface area contributed by atoms with E-state index in [0.29, 0.717) is 5.92 Å². The lowest BCUT2D eigenvalue weighted by molar-refractivity contribution is 0.241. The maximum Gasteiger partial charge on any atom is 0.126 e. The summed E-state index contributed by atoms with van der Waals surface area (Å²) < 4.78 is 16.2. The number of fused-ring (bicyclic) bond motifs is 1. The van der Waals surface area contributed by atoms with Gasteiger partial charge in [-0.05, 0) is 105 Å². The molecule has 1 aliphatic rings. The fraction of sp³-hybridized carbons (Fsp3) is 0.541. The third-order valence-corrected chi connectivity index (χ3v) is 8.85. The number of benzene rings is 1. The number of unbranched alkanes of at least 4 members (excludes halogenated alkanes) is 6. The van der Waals surface area contributed by atoms with Crippen molar-refractivity contribution < 1.29 is 9.50 Å². The molecule has 2 N–H and O–H groups in total. The molecule has 0 saturated heterocycles. The second-order valence-corrected chi connectivity index (χ2v) is 12.7. The first-order valence-corrected chi connectivity index (χ1v) is 16.8. The van der Waals surface area contributed by atoms with Crippen LogP contribution in [0, 0.1) is 5.82 Å². The normalized spacial score (nSPS) is 17.1. The summed E-state index contributed by atoms with van der Waals surface area (Å²) in [7, 11) is 0. The van der Waals surface area contributed by atoms with Crippen molar-refractivity contribution in [2.75, 3.05) is 6.61 Å². The van der Waals surface area contributed by atoms with E-state index in [0.717, 1.165) is 81.9 Å². The van der Waals surface area contributed by atoms with Gasteiger partial charge in [-0.2, -0.15) is 5.10 Å². The van der Waals surface area contributed by atoms with Crippen molar-refractivity contribution in [3.63, 3.8) is 0 Å². The molecule has 44 heavy (non-hydrogen) atoms. The first-order valence-electron chi connectivity index (χ1n) is 16.8. The quantitative estimate of drug-likeness (QED) is 0.143. The number of aryl methyl sites for hydroxylation is 2. The lowest BCUT2D eigenvalue weighted by Crippen LogP contribution is -2.32. The molecule has 3 aromatic rings. The second kappa shape index (κ2) is 17.8. The van der Waals surface area contributed by atoms with Gasteiger partial charge in [0.05, 0.1) is 12.8 Å². The third-order valence-electron chi connectivity index (χ3n) is 8.85. The van der Waals surface area contributed by atoms with Crippen molar-refractivity contribution in [2.45, 2.75) is 123 Å². The maximum atomic E-state index is 14.1. The zero-order valence-electron chi connectivity index (χ0n) is 27.1. The number of rotatable bonds is 18. The predicted molar refractivity (Wildman–Crippen MR) is 178 cm³/mol. The zero-order valence-corrected chi connectivity index (χ0v) is 27.1. The van der Waals surface area contributed by atoms with Gasteiger partial charge in [0.1, 0.15) is 12.1 Å². The molecule has 7 heteroatoms. The van der Waals surface area contributed by atoms with Crippen molar-refractivity contribution in [1.82, 2.24) is 25.1 Å². The summed E-state index contributed by atoms with van der Waals surface area (Å²) in [6, 6.07) is 7.13. The van der Waals surface area contributed by atoms with E-state index >= 15 is 0 Å². The average Bonchev–Trinajstić information content (AvgIpc) is 3.45. The van der Waals surface area contributed by atoms with Crippen LogP contribution >= 0.6 is 0 Å². The molecule has 1 aliphatic heterocycles. The van der Waals surface area contributed by atoms with Gasteiger partial charge in [-0.1, -0.05) is 64.2 Å². The van der Waals surface area contributed by atoms with E-state index in [1.807, 2.05) is 30.7 Å². The highest BCUT2D eigenvalue weighted by Gasteiger charge is 2.20. The van der Waals surface area contributed by atoms with Crippen molar-refractivity contribution in [1.29, 1.82) is 0 Å². The molecule has 0 radical (unpaired) electrons. The lowest BCUT2D eigenvalue weighted by atomic mass is 9.96. The van der Waals surface area contributed by atoms with Crippen LogP contribution in [0.25, 0.3) is 5.70 Å². The Balaban J connectivity index is 1.33. The number of aliphatic hydroxyl groups is 1. The number of nitrogens with zero attached hydrogens (tertiary/aromatic N) is 4. The Kier molecular flexibility index (Phi) is 13.6. The van der Waals surface area contributed by atoms with Crippen LogP contribution in [0.2, 0.25) is 0 Å². The Morgan fingerprint density at radius 3 is 2.36 bits per heavy atom. The molecule has 4 rings (SSSR count). The maximum absolute atomic E-state index is 14.1. The number of nitrogens with one attached hydrogen (secondary N) is 1. The topological polar surface area (TPSA) is 75.9 Å². The van der Waals surface area contributed by atoms with Crippen LogP contribution in [0.15, 0.2) is 66.5 Å². The van der Waals surface area contributed by atoms with Crippen molar-refractivity contribution in [3.05, 3.63) is 94.7 Å². The van der Waals surface area contributed by atoms with Crippen LogP contribution < -0.4 is 5.32 Å². The summed E-state index contributed by atoms with van der Waals surface area (Å²) in [6.45, 7) is 6.82. The molecule has 0 saturated carbocycles. The van der Waals surface area contributed by atoms with Crippen LogP contribution in [0.5, 0.6) is 0 Å². The van der Waals surface area contributed by atoms with E-state index in [2.05, 4.69) is 46.8 Å². The third kappa shape index (κ3) is 10.1. The molecule has 1 unspecified atom stereocenters. The molecular formula is C37H52FN5O. The molecule has 0 amide bonds. The highest BCUT2D eigenvalue weighted by Crippen LogP contribution is 2.30.